The maximum absolute atomic E-state index is 12.4. The number of rotatable bonds is 9. The second-order valence-corrected chi connectivity index (χ2v) is 10.0. The smallest absolute Gasteiger partial charge is 0.476 e. The highest BCUT2D eigenvalue weighted by Crippen LogP contribution is 2.34. The number of carbonyl (C=O) groups is 1. The van der Waals surface area contributed by atoms with Gasteiger partial charge in [-0.2, -0.15) is 4.37 Å². The molecule has 35 heavy (non-hydrogen) atoms. The van der Waals surface area contributed by atoms with Crippen molar-refractivity contribution in [2.24, 2.45) is 0 Å². The molecule has 0 unspecified atom stereocenters. The van der Waals surface area contributed by atoms with E-state index in [-0.39, 0.29) is 11.6 Å². The summed E-state index contributed by atoms with van der Waals surface area (Å²) in [6, 6.07) is 9.53. The molecule has 1 heterocycles. The highest BCUT2D eigenvalue weighted by atomic mass is 35.5. The van der Waals surface area contributed by atoms with E-state index in [1.807, 2.05) is 19.1 Å². The Morgan fingerprint density at radius 1 is 1.11 bits per heavy atom. The van der Waals surface area contributed by atoms with Crippen LogP contribution in [0.2, 0.25) is 5.02 Å². The fraction of sp³-hybridized carbons (Fsp3) is 0.348. The number of aromatic nitrogens is 2. The van der Waals surface area contributed by atoms with Gasteiger partial charge < -0.3 is 14.2 Å². The second kappa shape index (κ2) is 11.0. The van der Waals surface area contributed by atoms with E-state index in [0.717, 1.165) is 21.5 Å². The van der Waals surface area contributed by atoms with Gasteiger partial charge in [-0.25, -0.2) is 9.78 Å². The van der Waals surface area contributed by atoms with Crippen LogP contribution in [0.15, 0.2) is 41.3 Å². The van der Waals surface area contributed by atoms with Gasteiger partial charge in [-0.3, -0.25) is 0 Å². The van der Waals surface area contributed by atoms with Crippen LogP contribution < -0.4 is 9.47 Å². The van der Waals surface area contributed by atoms with Gasteiger partial charge in [0.25, 0.3) is 0 Å². The fourth-order valence-corrected chi connectivity index (χ4v) is 4.72. The van der Waals surface area contributed by atoms with E-state index in [2.05, 4.69) is 14.1 Å². The Morgan fingerprint density at radius 3 is 2.46 bits per heavy atom. The molecule has 6 nitrogen and oxygen atoms in total. The van der Waals surface area contributed by atoms with Gasteiger partial charge in [-0.1, -0.05) is 11.6 Å². The van der Waals surface area contributed by atoms with E-state index in [1.54, 1.807) is 26.8 Å². The van der Waals surface area contributed by atoms with Gasteiger partial charge in [-0.05, 0) is 81.2 Å². The topological polar surface area (TPSA) is 70.5 Å². The van der Waals surface area contributed by atoms with Crippen LogP contribution in [0, 0.1) is 6.92 Å². The number of alkyl halides is 3. The molecule has 3 aromatic rings. The molecule has 0 saturated carbocycles. The molecule has 0 bridgehead atoms. The molecule has 0 N–H and O–H groups in total. The number of benzene rings is 2. The predicted octanol–water partition coefficient (Wildman–Crippen LogP) is 7.08. The highest BCUT2D eigenvalue weighted by molar-refractivity contribution is 7.98. The number of nitrogens with zero attached hydrogens (tertiary/aromatic N) is 2. The Hall–Kier alpha value is -2.50. The molecule has 0 saturated heterocycles. The summed E-state index contributed by atoms with van der Waals surface area (Å²) in [6.45, 7) is 7.22. The lowest BCUT2D eigenvalue weighted by Crippen LogP contribution is -2.39. The van der Waals surface area contributed by atoms with E-state index >= 15 is 0 Å². The lowest BCUT2D eigenvalue weighted by atomic mass is 10.1. The quantitative estimate of drug-likeness (QED) is 0.210. The Labute approximate surface area is 213 Å². The number of halogens is 4. The van der Waals surface area contributed by atoms with Crippen molar-refractivity contribution in [3.63, 3.8) is 0 Å². The van der Waals surface area contributed by atoms with Crippen LogP contribution in [0.25, 0.3) is 11.4 Å². The summed E-state index contributed by atoms with van der Waals surface area (Å²) < 4.78 is 56.4. The van der Waals surface area contributed by atoms with Crippen molar-refractivity contribution in [3.8, 4) is 22.9 Å². The zero-order chi connectivity index (χ0) is 25.8. The molecule has 0 spiro atoms. The molecule has 0 aliphatic heterocycles. The number of thioether (sulfide) groups is 1. The van der Waals surface area contributed by atoms with Gasteiger partial charge in [0, 0.05) is 10.5 Å². The second-order valence-electron chi connectivity index (χ2n) is 7.75. The maximum Gasteiger partial charge on any atom is 0.573 e. The third-order valence-electron chi connectivity index (χ3n) is 4.52. The summed E-state index contributed by atoms with van der Waals surface area (Å²) in [5.74, 6) is 0.568. The number of esters is 1. The van der Waals surface area contributed by atoms with Gasteiger partial charge >= 0.3 is 12.3 Å². The van der Waals surface area contributed by atoms with Gasteiger partial charge in [0.05, 0.1) is 17.4 Å². The van der Waals surface area contributed by atoms with E-state index in [0.29, 0.717) is 22.9 Å². The third kappa shape index (κ3) is 7.49. The molecule has 0 radical (unpaired) electrons. The minimum Gasteiger partial charge on any atom is -0.476 e. The number of hydrogen-bond donors (Lipinski definition) is 0. The standard InChI is InChI=1S/C23H22ClF3N2O4S2/c1-5-31-21(30)22(3,4)32-17-9-7-15(10-13(17)2)34-12-19-28-20(29-35-19)14-6-8-18(16(24)11-14)33-23(25,26)27/h6-11H,5,12H2,1-4H3. The summed E-state index contributed by atoms with van der Waals surface area (Å²) in [7, 11) is 0. The zero-order valence-electron chi connectivity index (χ0n) is 19.2. The molecule has 0 aliphatic carbocycles. The number of carbonyl (C=O) groups excluding carboxylic acids is 1. The van der Waals surface area contributed by atoms with Crippen molar-refractivity contribution in [2.45, 2.75) is 50.3 Å². The molecule has 0 aliphatic rings. The van der Waals surface area contributed by atoms with Gasteiger partial charge in [0.15, 0.2) is 11.4 Å². The van der Waals surface area contributed by atoms with Crippen molar-refractivity contribution >= 4 is 40.9 Å². The molecule has 188 valence electrons. The monoisotopic (exact) mass is 546 g/mol. The number of hydrogen-bond acceptors (Lipinski definition) is 8. The maximum atomic E-state index is 12.4. The first-order chi connectivity index (χ1) is 16.4. The lowest BCUT2D eigenvalue weighted by molar-refractivity contribution is -0.274. The van der Waals surface area contributed by atoms with Crippen molar-refractivity contribution in [3.05, 3.63) is 52.0 Å². The van der Waals surface area contributed by atoms with Crippen LogP contribution >= 0.6 is 34.9 Å². The third-order valence-corrected chi connectivity index (χ3v) is 6.72. The van der Waals surface area contributed by atoms with E-state index in [1.165, 1.54) is 35.4 Å². The molecule has 0 atom stereocenters. The van der Waals surface area contributed by atoms with Crippen LogP contribution in [0.4, 0.5) is 13.2 Å². The van der Waals surface area contributed by atoms with Crippen LogP contribution in [0.3, 0.4) is 0 Å². The SMILES string of the molecule is CCOC(=O)C(C)(C)Oc1ccc(SCc2nc(-c3ccc(OC(F)(F)F)c(Cl)c3)ns2)cc1C. The van der Waals surface area contributed by atoms with Crippen LogP contribution in [-0.2, 0) is 15.3 Å². The van der Waals surface area contributed by atoms with Gasteiger partial charge in [-0.15, -0.1) is 24.9 Å². The number of aryl methyl sites for hydroxylation is 1. The predicted molar refractivity (Wildman–Crippen MR) is 129 cm³/mol. The molecular formula is C23H22ClF3N2O4S2. The van der Waals surface area contributed by atoms with Crippen molar-refractivity contribution < 1.29 is 32.2 Å². The molecular weight excluding hydrogens is 525 g/mol. The summed E-state index contributed by atoms with van der Waals surface area (Å²) in [5.41, 5.74) is 0.234. The van der Waals surface area contributed by atoms with E-state index in [9.17, 15) is 18.0 Å². The average Bonchev–Trinajstić information content (AvgIpc) is 3.24. The Kier molecular flexibility index (Phi) is 8.55. The van der Waals surface area contributed by atoms with E-state index < -0.39 is 23.7 Å². The first kappa shape index (κ1) is 27.1. The lowest BCUT2D eigenvalue weighted by Gasteiger charge is -2.25. The summed E-state index contributed by atoms with van der Waals surface area (Å²) in [5, 5.41) is 0.549. The Balaban J connectivity index is 1.63. The fourth-order valence-electron chi connectivity index (χ4n) is 2.87. The van der Waals surface area contributed by atoms with Crippen LogP contribution in [0.1, 0.15) is 31.3 Å². The van der Waals surface area contributed by atoms with Crippen LogP contribution in [-0.4, -0.2) is 33.9 Å². The Bertz CT molecular complexity index is 1200. The largest absolute Gasteiger partial charge is 0.573 e. The zero-order valence-corrected chi connectivity index (χ0v) is 21.6. The first-order valence-electron chi connectivity index (χ1n) is 10.4. The normalized spacial score (nSPS) is 11.9. The Morgan fingerprint density at radius 2 is 1.83 bits per heavy atom. The summed E-state index contributed by atoms with van der Waals surface area (Å²) >= 11 is 8.65. The van der Waals surface area contributed by atoms with Crippen LogP contribution in [0.5, 0.6) is 11.5 Å². The molecule has 0 amide bonds. The van der Waals surface area contributed by atoms with E-state index in [4.69, 9.17) is 21.1 Å². The van der Waals surface area contributed by atoms with Crippen molar-refractivity contribution in [2.75, 3.05) is 6.61 Å². The summed E-state index contributed by atoms with van der Waals surface area (Å²) in [6.07, 6.45) is -4.83. The molecule has 3 rings (SSSR count). The molecule has 0 fully saturated rings. The minimum atomic E-state index is -4.83. The van der Waals surface area contributed by atoms with Crippen molar-refractivity contribution in [1.82, 2.24) is 9.36 Å². The number of ether oxygens (including phenoxy) is 3. The average molecular weight is 547 g/mol. The highest BCUT2D eigenvalue weighted by Gasteiger charge is 2.33. The van der Waals surface area contributed by atoms with Gasteiger partial charge in [0.1, 0.15) is 16.5 Å². The molecule has 1 aromatic heterocycles. The summed E-state index contributed by atoms with van der Waals surface area (Å²) in [4.78, 5) is 17.5. The van der Waals surface area contributed by atoms with Gasteiger partial charge in [0.2, 0.25) is 0 Å². The first-order valence-corrected chi connectivity index (χ1v) is 12.5. The minimum absolute atomic E-state index is 0.186. The molecule has 12 heteroatoms. The van der Waals surface area contributed by atoms with Crippen molar-refractivity contribution in [1.29, 1.82) is 0 Å². The molecule has 2 aromatic carbocycles.